The Labute approximate surface area is 229 Å². The number of amides is 2. The van der Waals surface area contributed by atoms with E-state index in [4.69, 9.17) is 5.73 Å². The fourth-order valence-electron chi connectivity index (χ4n) is 4.17. The van der Waals surface area contributed by atoms with Gasteiger partial charge in [-0.3, -0.25) is 9.59 Å². The highest BCUT2D eigenvalue weighted by Gasteiger charge is 2.35. The predicted octanol–water partition coefficient (Wildman–Crippen LogP) is 3.49. The average Bonchev–Trinajstić information content (AvgIpc) is 3.34. The van der Waals surface area contributed by atoms with Gasteiger partial charge in [-0.15, -0.1) is 11.8 Å². The highest BCUT2D eigenvalue weighted by Crippen LogP contribution is 2.26. The van der Waals surface area contributed by atoms with E-state index in [0.717, 1.165) is 11.6 Å². The molecule has 0 unspecified atom stereocenters. The van der Waals surface area contributed by atoms with E-state index in [0.29, 0.717) is 24.1 Å². The molecule has 0 aliphatic carbocycles. The van der Waals surface area contributed by atoms with Crippen molar-refractivity contribution in [2.24, 2.45) is 11.1 Å². The molecule has 1 heterocycles. The second kappa shape index (κ2) is 12.7. The molecule has 0 saturated carbocycles. The number of carbonyl (C=O) groups excluding carboxylic acids is 2. The molecule has 0 aromatic heterocycles. The van der Waals surface area contributed by atoms with E-state index in [-0.39, 0.29) is 30.9 Å². The van der Waals surface area contributed by atoms with E-state index in [9.17, 15) is 32.7 Å². The molecule has 3 atom stereocenters. The van der Waals surface area contributed by atoms with Gasteiger partial charge in [0, 0.05) is 43.1 Å². The Kier molecular flexibility index (Phi) is 9.89. The van der Waals surface area contributed by atoms with E-state index in [2.05, 4.69) is 10.6 Å². The monoisotopic (exact) mass is 566 g/mol. The van der Waals surface area contributed by atoms with Crippen LogP contribution in [0.4, 0.5) is 18.9 Å². The molecule has 5 N–H and O–H groups in total. The molecule has 2 aromatic carbocycles. The smallest absolute Gasteiger partial charge is 0.326 e. The molecular weight excluding hydrogens is 533 g/mol. The molecule has 2 amide bonds. The summed E-state index contributed by atoms with van der Waals surface area (Å²) in [5.41, 5.74) is 6.79. The fraction of sp³-hybridized carbons (Fsp3) is 0.444. The highest BCUT2D eigenvalue weighted by atomic mass is 32.2. The predicted molar refractivity (Wildman–Crippen MR) is 143 cm³/mol. The number of hydrogen-bond donors (Lipinski definition) is 4. The van der Waals surface area contributed by atoms with Gasteiger partial charge in [0.1, 0.15) is 11.9 Å². The standard InChI is InChI=1S/C27H33F3N4O4S/c1-27(2,3)23(26(37)38)33-18-6-4-15(5-7-18)14-32-24(36)25-34(8-9-39-25)22(35)12-17(31)10-16-11-20(29)21(30)13-19(16)28/h4-7,11,13,17,23,25,33H,8-10,12,14,31H2,1-3H3,(H,32,36)(H,37,38)/t17-,23-,25+/m1/s1. The molecule has 1 aliphatic heterocycles. The van der Waals surface area contributed by atoms with Gasteiger partial charge >= 0.3 is 5.97 Å². The highest BCUT2D eigenvalue weighted by molar-refractivity contribution is 8.00. The number of rotatable bonds is 10. The van der Waals surface area contributed by atoms with Gasteiger partial charge in [-0.1, -0.05) is 32.9 Å². The zero-order valence-electron chi connectivity index (χ0n) is 22.0. The van der Waals surface area contributed by atoms with Gasteiger partial charge in [-0.05, 0) is 41.2 Å². The van der Waals surface area contributed by atoms with Crippen LogP contribution in [-0.4, -0.2) is 57.5 Å². The van der Waals surface area contributed by atoms with Crippen LogP contribution < -0.4 is 16.4 Å². The van der Waals surface area contributed by atoms with E-state index in [1.807, 2.05) is 20.8 Å². The van der Waals surface area contributed by atoms with Crippen molar-refractivity contribution in [3.63, 3.8) is 0 Å². The topological polar surface area (TPSA) is 125 Å². The molecule has 1 aliphatic rings. The first kappa shape index (κ1) is 30.3. The maximum atomic E-state index is 13.9. The summed E-state index contributed by atoms with van der Waals surface area (Å²) in [6.07, 6.45) is -0.358. The van der Waals surface area contributed by atoms with Crippen molar-refractivity contribution in [2.45, 2.75) is 57.6 Å². The SMILES string of the molecule is CC(C)(C)[C@H](Nc1ccc(CNC(=O)[C@@H]2SCCN2C(=O)C[C@H](N)Cc2cc(F)c(F)cc2F)cc1)C(=O)O. The summed E-state index contributed by atoms with van der Waals surface area (Å²) in [4.78, 5) is 38.7. The van der Waals surface area contributed by atoms with Crippen molar-refractivity contribution in [1.82, 2.24) is 10.2 Å². The van der Waals surface area contributed by atoms with Crippen LogP contribution in [0.3, 0.4) is 0 Å². The number of nitrogens with one attached hydrogen (secondary N) is 2. The number of carboxylic acids is 1. The Morgan fingerprint density at radius 3 is 2.36 bits per heavy atom. The van der Waals surface area contributed by atoms with Gasteiger partial charge in [0.05, 0.1) is 0 Å². The molecule has 3 rings (SSSR count). The van der Waals surface area contributed by atoms with Gasteiger partial charge < -0.3 is 26.4 Å². The van der Waals surface area contributed by atoms with Gasteiger partial charge in [-0.2, -0.15) is 0 Å². The Morgan fingerprint density at radius 2 is 1.74 bits per heavy atom. The van der Waals surface area contributed by atoms with Crippen LogP contribution in [0.15, 0.2) is 36.4 Å². The second-order valence-corrected chi connectivity index (χ2v) is 11.7. The number of halogens is 3. The van der Waals surface area contributed by atoms with Crippen molar-refractivity contribution >= 4 is 35.2 Å². The number of thioether (sulfide) groups is 1. The molecule has 2 aromatic rings. The Balaban J connectivity index is 1.53. The van der Waals surface area contributed by atoms with E-state index in [1.165, 1.54) is 16.7 Å². The first-order valence-electron chi connectivity index (χ1n) is 12.4. The molecule has 0 radical (unpaired) electrons. The summed E-state index contributed by atoms with van der Waals surface area (Å²) in [6, 6.07) is 6.55. The molecule has 1 saturated heterocycles. The number of carbonyl (C=O) groups is 3. The normalized spacial score (nSPS) is 17.0. The first-order valence-corrected chi connectivity index (χ1v) is 13.5. The summed E-state index contributed by atoms with van der Waals surface area (Å²) >= 11 is 1.31. The van der Waals surface area contributed by atoms with Gasteiger partial charge in [-0.25, -0.2) is 18.0 Å². The largest absolute Gasteiger partial charge is 0.480 e. The lowest BCUT2D eigenvalue weighted by Crippen LogP contribution is -2.46. The van der Waals surface area contributed by atoms with Crippen LogP contribution >= 0.6 is 11.8 Å². The van der Waals surface area contributed by atoms with Crippen molar-refractivity contribution in [1.29, 1.82) is 0 Å². The third-order valence-corrected chi connectivity index (χ3v) is 7.49. The summed E-state index contributed by atoms with van der Waals surface area (Å²) in [5, 5.41) is 14.6. The minimum absolute atomic E-state index is 0.127. The minimum atomic E-state index is -1.30. The van der Waals surface area contributed by atoms with Crippen LogP contribution in [-0.2, 0) is 27.3 Å². The molecule has 0 spiro atoms. The van der Waals surface area contributed by atoms with Crippen LogP contribution in [0.25, 0.3) is 0 Å². The molecule has 0 bridgehead atoms. The lowest BCUT2D eigenvalue weighted by Gasteiger charge is -2.28. The quantitative estimate of drug-likeness (QED) is 0.325. The fourth-order valence-corrected chi connectivity index (χ4v) is 5.33. The van der Waals surface area contributed by atoms with Crippen LogP contribution in [0.1, 0.15) is 38.3 Å². The van der Waals surface area contributed by atoms with Gasteiger partial charge in [0.15, 0.2) is 17.0 Å². The summed E-state index contributed by atoms with van der Waals surface area (Å²) in [6.45, 7) is 6.04. The summed E-state index contributed by atoms with van der Waals surface area (Å²) in [5.74, 6) is -4.59. The maximum Gasteiger partial charge on any atom is 0.326 e. The second-order valence-electron chi connectivity index (χ2n) is 10.5. The Bertz CT molecular complexity index is 1210. The van der Waals surface area contributed by atoms with Crippen molar-refractivity contribution < 1.29 is 32.7 Å². The third-order valence-electron chi connectivity index (χ3n) is 6.29. The average molecular weight is 567 g/mol. The van der Waals surface area contributed by atoms with E-state index >= 15 is 0 Å². The van der Waals surface area contributed by atoms with E-state index in [1.54, 1.807) is 24.3 Å². The molecule has 212 valence electrons. The van der Waals surface area contributed by atoms with Gasteiger partial charge in [0.2, 0.25) is 5.91 Å². The van der Waals surface area contributed by atoms with Crippen molar-refractivity contribution in [3.05, 3.63) is 65.0 Å². The number of nitrogens with two attached hydrogens (primary N) is 1. The van der Waals surface area contributed by atoms with Gasteiger partial charge in [0.25, 0.3) is 5.91 Å². The number of nitrogens with zero attached hydrogens (tertiary/aromatic N) is 1. The lowest BCUT2D eigenvalue weighted by molar-refractivity contribution is -0.140. The molecule has 1 fully saturated rings. The third kappa shape index (κ3) is 8.12. The van der Waals surface area contributed by atoms with Crippen molar-refractivity contribution in [3.8, 4) is 0 Å². The minimum Gasteiger partial charge on any atom is -0.480 e. The Hall–Kier alpha value is -3.25. The number of aliphatic carboxylic acids is 1. The molecule has 12 heteroatoms. The van der Waals surface area contributed by atoms with Crippen molar-refractivity contribution in [2.75, 3.05) is 17.6 Å². The molecular formula is C27H33F3N4O4S. The summed E-state index contributed by atoms with van der Waals surface area (Å²) < 4.78 is 40.6. The summed E-state index contributed by atoms with van der Waals surface area (Å²) in [7, 11) is 0. The first-order chi connectivity index (χ1) is 18.3. The number of carboxylic acid groups (broad SMARTS) is 1. The van der Waals surface area contributed by atoms with Crippen LogP contribution in [0, 0.1) is 22.9 Å². The number of hydrogen-bond acceptors (Lipinski definition) is 6. The maximum absolute atomic E-state index is 13.9. The lowest BCUT2D eigenvalue weighted by atomic mass is 9.86. The van der Waals surface area contributed by atoms with Crippen LogP contribution in [0.5, 0.6) is 0 Å². The number of benzene rings is 2. The van der Waals surface area contributed by atoms with E-state index < -0.39 is 52.2 Å². The zero-order valence-corrected chi connectivity index (χ0v) is 22.8. The zero-order chi connectivity index (χ0) is 28.9. The molecule has 39 heavy (non-hydrogen) atoms. The van der Waals surface area contributed by atoms with Crippen LogP contribution in [0.2, 0.25) is 0 Å². The molecule has 8 nitrogen and oxygen atoms in total. The Morgan fingerprint density at radius 1 is 1.10 bits per heavy atom. The number of anilines is 1.